The minimum absolute atomic E-state index is 0.00376. The predicted octanol–water partition coefficient (Wildman–Crippen LogP) is 2.82. The van der Waals surface area contributed by atoms with Crippen LogP contribution in [0.5, 0.6) is 0 Å². The number of amides is 2. The molecule has 3 rings (SSSR count). The topological polar surface area (TPSA) is 84.9 Å². The third-order valence-electron chi connectivity index (χ3n) is 5.61. The largest absolute Gasteiger partial charge is 0.467 e. The van der Waals surface area contributed by atoms with Gasteiger partial charge in [0.05, 0.1) is 7.11 Å². The van der Waals surface area contributed by atoms with Crippen LogP contribution in [0.25, 0.3) is 0 Å². The molecule has 2 saturated heterocycles. The molecule has 29 heavy (non-hydrogen) atoms. The van der Waals surface area contributed by atoms with Gasteiger partial charge in [-0.2, -0.15) is 0 Å². The molecule has 0 spiro atoms. The molecule has 0 bridgehead atoms. The van der Waals surface area contributed by atoms with Gasteiger partial charge < -0.3 is 19.7 Å². The van der Waals surface area contributed by atoms with Crippen LogP contribution >= 0.6 is 0 Å². The molecule has 1 aromatic rings. The lowest BCUT2D eigenvalue weighted by Gasteiger charge is -2.45. The van der Waals surface area contributed by atoms with E-state index in [0.29, 0.717) is 25.7 Å². The zero-order valence-electron chi connectivity index (χ0n) is 17.6. The summed E-state index contributed by atoms with van der Waals surface area (Å²) in [5, 5.41) is 2.87. The number of rotatable bonds is 4. The van der Waals surface area contributed by atoms with E-state index in [0.717, 1.165) is 12.0 Å². The molecule has 7 heteroatoms. The first-order chi connectivity index (χ1) is 13.6. The van der Waals surface area contributed by atoms with E-state index >= 15 is 0 Å². The summed E-state index contributed by atoms with van der Waals surface area (Å²) in [6.07, 6.45) is 2.25. The number of piperidine rings is 1. The van der Waals surface area contributed by atoms with Crippen molar-refractivity contribution < 1.29 is 23.9 Å². The van der Waals surface area contributed by atoms with Crippen LogP contribution in [0.15, 0.2) is 30.3 Å². The summed E-state index contributed by atoms with van der Waals surface area (Å²) in [7, 11) is 1.33. The van der Waals surface area contributed by atoms with Crippen molar-refractivity contribution in [1.82, 2.24) is 10.2 Å². The fourth-order valence-corrected chi connectivity index (χ4v) is 4.38. The molecule has 0 aliphatic carbocycles. The fraction of sp³-hybridized carbons (Fsp3) is 0.591. The molecule has 3 atom stereocenters. The highest BCUT2D eigenvalue weighted by Gasteiger charge is 2.54. The molecule has 0 aromatic heterocycles. The number of hydrogen-bond acceptors (Lipinski definition) is 5. The number of alkyl carbamates (subject to hydrolysis) is 1. The molecule has 158 valence electrons. The van der Waals surface area contributed by atoms with Crippen LogP contribution in [-0.2, 0) is 25.5 Å². The molecule has 2 heterocycles. The van der Waals surface area contributed by atoms with E-state index in [1.54, 1.807) is 25.7 Å². The fourth-order valence-electron chi connectivity index (χ4n) is 4.38. The lowest BCUT2D eigenvalue weighted by molar-refractivity contribution is -0.157. The molecule has 1 N–H and O–H groups in total. The van der Waals surface area contributed by atoms with Gasteiger partial charge >= 0.3 is 12.1 Å². The van der Waals surface area contributed by atoms with Gasteiger partial charge in [0.1, 0.15) is 17.2 Å². The minimum Gasteiger partial charge on any atom is -0.467 e. The maximum atomic E-state index is 13.7. The molecule has 7 nitrogen and oxygen atoms in total. The molecule has 1 aromatic carbocycles. The number of benzene rings is 1. The normalized spacial score (nSPS) is 26.6. The highest BCUT2D eigenvalue weighted by molar-refractivity contribution is 5.94. The number of esters is 1. The molecule has 0 radical (unpaired) electrons. The lowest BCUT2D eigenvalue weighted by atomic mass is 9.80. The smallest absolute Gasteiger partial charge is 0.408 e. The molecular formula is C22H30N2O5. The SMILES string of the molecule is COC(=O)[C@@H]1CC[C@@H]2CC[C@](Cc3ccccc3)(NC(=O)OC(C)(C)C)C(=O)N21. The van der Waals surface area contributed by atoms with E-state index in [1.165, 1.54) is 7.11 Å². The molecule has 2 aliphatic heterocycles. The van der Waals surface area contributed by atoms with Crippen molar-refractivity contribution in [2.75, 3.05) is 7.11 Å². The second kappa shape index (κ2) is 8.05. The van der Waals surface area contributed by atoms with Gasteiger partial charge in [-0.05, 0) is 52.0 Å². The van der Waals surface area contributed by atoms with Gasteiger partial charge in [0.15, 0.2) is 0 Å². The Morgan fingerprint density at radius 2 is 1.86 bits per heavy atom. The second-order valence-electron chi connectivity index (χ2n) is 8.89. The zero-order valence-corrected chi connectivity index (χ0v) is 17.6. The van der Waals surface area contributed by atoms with E-state index < -0.39 is 29.2 Å². The average molecular weight is 402 g/mol. The number of nitrogens with one attached hydrogen (secondary N) is 1. The highest BCUT2D eigenvalue weighted by atomic mass is 16.6. The van der Waals surface area contributed by atoms with Crippen molar-refractivity contribution in [2.45, 2.75) is 76.1 Å². The van der Waals surface area contributed by atoms with Crippen LogP contribution in [0, 0.1) is 0 Å². The van der Waals surface area contributed by atoms with Gasteiger partial charge in [-0.3, -0.25) is 4.79 Å². The minimum atomic E-state index is -1.16. The first-order valence-corrected chi connectivity index (χ1v) is 10.1. The Kier molecular flexibility index (Phi) is 5.87. The van der Waals surface area contributed by atoms with Crippen LogP contribution in [0.4, 0.5) is 4.79 Å². The standard InChI is InChI=1S/C22H30N2O5/c1-21(2,3)29-20(27)23-22(14-15-8-6-5-7-9-15)13-12-16-10-11-17(18(25)28-4)24(16)19(22)26/h5-9,16-17H,10-14H2,1-4H3,(H,23,27)/t16-,17+,22-/m1/s1. The quantitative estimate of drug-likeness (QED) is 0.783. The van der Waals surface area contributed by atoms with Crippen molar-refractivity contribution in [3.05, 3.63) is 35.9 Å². The van der Waals surface area contributed by atoms with Gasteiger partial charge in [0.25, 0.3) is 0 Å². The molecule has 2 amide bonds. The zero-order chi connectivity index (χ0) is 21.2. The van der Waals surface area contributed by atoms with E-state index in [4.69, 9.17) is 9.47 Å². The summed E-state index contributed by atoms with van der Waals surface area (Å²) in [6, 6.07) is 8.97. The van der Waals surface area contributed by atoms with Gasteiger partial charge in [-0.1, -0.05) is 30.3 Å². The van der Waals surface area contributed by atoms with Gasteiger partial charge in [0.2, 0.25) is 5.91 Å². The Morgan fingerprint density at radius 3 is 2.48 bits per heavy atom. The number of fused-ring (bicyclic) bond motifs is 1. The molecule has 0 saturated carbocycles. The Morgan fingerprint density at radius 1 is 1.17 bits per heavy atom. The average Bonchev–Trinajstić information content (AvgIpc) is 3.08. The number of ether oxygens (including phenoxy) is 2. The maximum absolute atomic E-state index is 13.7. The Bertz CT molecular complexity index is 773. The number of carbonyl (C=O) groups is 3. The van der Waals surface area contributed by atoms with Gasteiger partial charge in [-0.25, -0.2) is 9.59 Å². The van der Waals surface area contributed by atoms with Gasteiger partial charge in [-0.15, -0.1) is 0 Å². The van der Waals surface area contributed by atoms with Crippen LogP contribution in [0.2, 0.25) is 0 Å². The Labute approximate surface area is 171 Å². The van der Waals surface area contributed by atoms with Crippen LogP contribution < -0.4 is 5.32 Å². The highest BCUT2D eigenvalue weighted by Crippen LogP contribution is 2.38. The van der Waals surface area contributed by atoms with Crippen molar-refractivity contribution in [2.24, 2.45) is 0 Å². The summed E-state index contributed by atoms with van der Waals surface area (Å²) in [6.45, 7) is 5.34. The maximum Gasteiger partial charge on any atom is 0.408 e. The summed E-state index contributed by atoms with van der Waals surface area (Å²) < 4.78 is 10.4. The van der Waals surface area contributed by atoms with E-state index in [2.05, 4.69) is 5.32 Å². The summed E-state index contributed by atoms with van der Waals surface area (Å²) in [4.78, 5) is 40.2. The van der Waals surface area contributed by atoms with Crippen LogP contribution in [0.1, 0.15) is 52.0 Å². The van der Waals surface area contributed by atoms with Crippen LogP contribution in [0.3, 0.4) is 0 Å². The van der Waals surface area contributed by atoms with E-state index in [1.807, 2.05) is 30.3 Å². The Hall–Kier alpha value is -2.57. The van der Waals surface area contributed by atoms with Gasteiger partial charge in [0, 0.05) is 12.5 Å². The molecule has 2 fully saturated rings. The summed E-state index contributed by atoms with van der Waals surface area (Å²) in [5.74, 6) is -0.648. The first-order valence-electron chi connectivity index (χ1n) is 10.1. The van der Waals surface area contributed by atoms with Crippen molar-refractivity contribution in [3.8, 4) is 0 Å². The number of hydrogen-bond donors (Lipinski definition) is 1. The summed E-state index contributed by atoms with van der Waals surface area (Å²) in [5.41, 5.74) is -0.902. The monoisotopic (exact) mass is 402 g/mol. The van der Waals surface area contributed by atoms with Crippen LogP contribution in [-0.4, -0.2) is 53.2 Å². The molecular weight excluding hydrogens is 372 g/mol. The lowest BCUT2D eigenvalue weighted by Crippen LogP contribution is -2.67. The van der Waals surface area contributed by atoms with Crippen molar-refractivity contribution >= 4 is 18.0 Å². The molecule has 0 unspecified atom stereocenters. The third kappa shape index (κ3) is 4.54. The van der Waals surface area contributed by atoms with E-state index in [9.17, 15) is 14.4 Å². The number of methoxy groups -OCH3 is 1. The third-order valence-corrected chi connectivity index (χ3v) is 5.61. The summed E-state index contributed by atoms with van der Waals surface area (Å²) >= 11 is 0. The second-order valence-corrected chi connectivity index (χ2v) is 8.89. The Balaban J connectivity index is 1.92. The predicted molar refractivity (Wildman–Crippen MR) is 107 cm³/mol. The first kappa shape index (κ1) is 21.1. The van der Waals surface area contributed by atoms with E-state index in [-0.39, 0.29) is 11.9 Å². The number of nitrogens with zero attached hydrogens (tertiary/aromatic N) is 1. The number of carbonyl (C=O) groups excluding carboxylic acids is 3. The van der Waals surface area contributed by atoms with Crippen molar-refractivity contribution in [3.63, 3.8) is 0 Å². The van der Waals surface area contributed by atoms with Crippen molar-refractivity contribution in [1.29, 1.82) is 0 Å². The molecule has 2 aliphatic rings.